The lowest BCUT2D eigenvalue weighted by Crippen LogP contribution is -2.56. The largest absolute Gasteiger partial charge is 0.467 e. The van der Waals surface area contributed by atoms with Crippen molar-refractivity contribution in [2.75, 3.05) is 7.11 Å². The van der Waals surface area contributed by atoms with Crippen LogP contribution in [-0.4, -0.2) is 25.0 Å². The van der Waals surface area contributed by atoms with E-state index in [2.05, 4.69) is 21.2 Å². The van der Waals surface area contributed by atoms with Gasteiger partial charge in [-0.25, -0.2) is 4.79 Å². The summed E-state index contributed by atoms with van der Waals surface area (Å²) < 4.78 is 5.92. The Morgan fingerprint density at radius 3 is 2.27 bits per heavy atom. The standard InChI is InChI=1S/C21H26BrNO3/c1-26-19(24)18(9-16-4-2-3-5-17(16)22)23-20(25)21-10-13-6-14(11-21)8-15(7-13)12-21/h2-5,13-15,18H,6-12H2,1H3,(H,23,25)/t13?,14?,15?,18-,21?/m1/s1. The van der Waals surface area contributed by atoms with Crippen LogP contribution in [0, 0.1) is 23.2 Å². The molecule has 0 spiro atoms. The van der Waals surface area contributed by atoms with Crippen molar-refractivity contribution in [3.8, 4) is 0 Å². The fourth-order valence-electron chi connectivity index (χ4n) is 5.92. The third-order valence-electron chi connectivity index (χ3n) is 6.69. The van der Waals surface area contributed by atoms with Crippen LogP contribution in [0.2, 0.25) is 0 Å². The highest BCUT2D eigenvalue weighted by Crippen LogP contribution is 2.60. The molecule has 4 fully saturated rings. The van der Waals surface area contributed by atoms with E-state index < -0.39 is 6.04 Å². The molecule has 5 rings (SSSR count). The predicted octanol–water partition coefficient (Wildman–Crippen LogP) is 3.87. The van der Waals surface area contributed by atoms with Gasteiger partial charge in [-0.1, -0.05) is 34.1 Å². The summed E-state index contributed by atoms with van der Waals surface area (Å²) >= 11 is 3.53. The highest BCUT2D eigenvalue weighted by Gasteiger charge is 2.55. The van der Waals surface area contributed by atoms with Crippen molar-refractivity contribution in [3.05, 3.63) is 34.3 Å². The van der Waals surface area contributed by atoms with Crippen LogP contribution in [0.5, 0.6) is 0 Å². The first kappa shape index (κ1) is 18.0. The van der Waals surface area contributed by atoms with Crippen molar-refractivity contribution in [2.45, 2.75) is 51.0 Å². The molecule has 4 aliphatic rings. The Bertz CT molecular complexity index is 682. The van der Waals surface area contributed by atoms with E-state index in [-0.39, 0.29) is 17.3 Å². The molecular formula is C21H26BrNO3. The van der Waals surface area contributed by atoms with Crippen molar-refractivity contribution in [1.29, 1.82) is 0 Å². The zero-order chi connectivity index (χ0) is 18.3. The second-order valence-electron chi connectivity index (χ2n) is 8.54. The Kier molecular flexibility index (Phi) is 4.84. The highest BCUT2D eigenvalue weighted by atomic mass is 79.9. The van der Waals surface area contributed by atoms with Gasteiger partial charge in [-0.15, -0.1) is 0 Å². The number of amides is 1. The Morgan fingerprint density at radius 2 is 1.73 bits per heavy atom. The average Bonchev–Trinajstić information content (AvgIpc) is 2.61. The third-order valence-corrected chi connectivity index (χ3v) is 7.47. The molecule has 26 heavy (non-hydrogen) atoms. The maximum atomic E-state index is 13.3. The Labute approximate surface area is 163 Å². The van der Waals surface area contributed by atoms with Gasteiger partial charge in [0.05, 0.1) is 7.11 Å². The molecule has 1 aromatic carbocycles. The number of benzene rings is 1. The third kappa shape index (κ3) is 3.30. The summed E-state index contributed by atoms with van der Waals surface area (Å²) in [4.78, 5) is 25.6. The maximum absolute atomic E-state index is 13.3. The molecule has 1 aromatic rings. The molecule has 4 aliphatic carbocycles. The number of rotatable bonds is 5. The van der Waals surface area contributed by atoms with Crippen molar-refractivity contribution < 1.29 is 14.3 Å². The van der Waals surface area contributed by atoms with E-state index in [1.54, 1.807) is 0 Å². The van der Waals surface area contributed by atoms with Crippen molar-refractivity contribution in [2.24, 2.45) is 23.2 Å². The van der Waals surface area contributed by atoms with Crippen molar-refractivity contribution in [3.63, 3.8) is 0 Å². The topological polar surface area (TPSA) is 55.4 Å². The van der Waals surface area contributed by atoms with E-state index in [0.29, 0.717) is 24.2 Å². The number of carbonyl (C=O) groups excluding carboxylic acids is 2. The number of hydrogen-bond donors (Lipinski definition) is 1. The van der Waals surface area contributed by atoms with Crippen LogP contribution in [0.15, 0.2) is 28.7 Å². The lowest BCUT2D eigenvalue weighted by molar-refractivity contribution is -0.152. The van der Waals surface area contributed by atoms with Crippen LogP contribution in [0.4, 0.5) is 0 Å². The van der Waals surface area contributed by atoms with Crippen LogP contribution in [0.25, 0.3) is 0 Å². The predicted molar refractivity (Wildman–Crippen MR) is 102 cm³/mol. The molecule has 0 aliphatic heterocycles. The molecule has 0 unspecified atom stereocenters. The lowest BCUT2D eigenvalue weighted by atomic mass is 9.49. The molecule has 0 saturated heterocycles. The quantitative estimate of drug-likeness (QED) is 0.736. The number of ether oxygens (including phenoxy) is 1. The van der Waals surface area contributed by atoms with E-state index in [0.717, 1.165) is 29.3 Å². The van der Waals surface area contributed by atoms with E-state index in [1.807, 2.05) is 24.3 Å². The van der Waals surface area contributed by atoms with Gasteiger partial charge in [0.1, 0.15) is 6.04 Å². The Morgan fingerprint density at radius 1 is 1.15 bits per heavy atom. The molecule has 0 radical (unpaired) electrons. The van der Waals surface area contributed by atoms with Gasteiger partial charge in [0.2, 0.25) is 5.91 Å². The molecule has 4 bridgehead atoms. The SMILES string of the molecule is COC(=O)[C@@H](Cc1ccccc1Br)NC(=O)C12CC3CC(CC(C3)C1)C2. The normalized spacial score (nSPS) is 32.9. The molecule has 0 heterocycles. The first-order chi connectivity index (χ1) is 12.5. The smallest absolute Gasteiger partial charge is 0.328 e. The van der Waals surface area contributed by atoms with Crippen LogP contribution >= 0.6 is 15.9 Å². The summed E-state index contributed by atoms with van der Waals surface area (Å²) in [6.07, 6.45) is 7.30. The summed E-state index contributed by atoms with van der Waals surface area (Å²) in [6.45, 7) is 0. The molecule has 4 nitrogen and oxygen atoms in total. The summed E-state index contributed by atoms with van der Waals surface area (Å²) in [6, 6.07) is 7.16. The van der Waals surface area contributed by atoms with E-state index in [9.17, 15) is 9.59 Å². The number of carbonyl (C=O) groups is 2. The van der Waals surface area contributed by atoms with Gasteiger partial charge in [0.15, 0.2) is 0 Å². The minimum Gasteiger partial charge on any atom is -0.467 e. The summed E-state index contributed by atoms with van der Waals surface area (Å²) in [5, 5.41) is 3.07. The van der Waals surface area contributed by atoms with Crippen molar-refractivity contribution in [1.82, 2.24) is 5.32 Å². The zero-order valence-corrected chi connectivity index (χ0v) is 16.8. The number of nitrogens with one attached hydrogen (secondary N) is 1. The van der Waals surface area contributed by atoms with Gasteiger partial charge >= 0.3 is 5.97 Å². The molecule has 1 amide bonds. The van der Waals surface area contributed by atoms with Gasteiger partial charge in [0.25, 0.3) is 0 Å². The van der Waals surface area contributed by atoms with Crippen LogP contribution in [0.3, 0.4) is 0 Å². The second-order valence-corrected chi connectivity index (χ2v) is 9.40. The van der Waals surface area contributed by atoms with Crippen LogP contribution in [-0.2, 0) is 20.7 Å². The molecule has 1 N–H and O–H groups in total. The first-order valence-electron chi connectivity index (χ1n) is 9.61. The van der Waals surface area contributed by atoms with E-state index in [1.165, 1.54) is 26.4 Å². The van der Waals surface area contributed by atoms with Gasteiger partial charge in [-0.2, -0.15) is 0 Å². The van der Waals surface area contributed by atoms with Crippen LogP contribution < -0.4 is 5.32 Å². The molecule has 4 saturated carbocycles. The number of methoxy groups -OCH3 is 1. The number of esters is 1. The summed E-state index contributed by atoms with van der Waals surface area (Å²) in [5.41, 5.74) is 0.739. The monoisotopic (exact) mass is 419 g/mol. The van der Waals surface area contributed by atoms with Crippen molar-refractivity contribution >= 4 is 27.8 Å². The summed E-state index contributed by atoms with van der Waals surface area (Å²) in [7, 11) is 1.38. The van der Waals surface area contributed by atoms with Gasteiger partial charge in [-0.05, 0) is 67.9 Å². The lowest BCUT2D eigenvalue weighted by Gasteiger charge is -2.55. The van der Waals surface area contributed by atoms with Gasteiger partial charge in [0, 0.05) is 16.3 Å². The highest BCUT2D eigenvalue weighted by molar-refractivity contribution is 9.10. The van der Waals surface area contributed by atoms with E-state index in [4.69, 9.17) is 4.74 Å². The Balaban J connectivity index is 1.51. The minimum atomic E-state index is -0.640. The molecule has 0 aromatic heterocycles. The van der Waals surface area contributed by atoms with Crippen LogP contribution in [0.1, 0.15) is 44.1 Å². The summed E-state index contributed by atoms with van der Waals surface area (Å²) in [5.74, 6) is 1.79. The molecule has 1 atom stereocenters. The average molecular weight is 420 g/mol. The Hall–Kier alpha value is -1.36. The number of hydrogen-bond acceptors (Lipinski definition) is 3. The zero-order valence-electron chi connectivity index (χ0n) is 15.2. The molecule has 5 heteroatoms. The molecular weight excluding hydrogens is 394 g/mol. The maximum Gasteiger partial charge on any atom is 0.328 e. The minimum absolute atomic E-state index is 0.0686. The van der Waals surface area contributed by atoms with E-state index >= 15 is 0 Å². The molecule has 140 valence electrons. The van der Waals surface area contributed by atoms with Gasteiger partial charge in [-0.3, -0.25) is 4.79 Å². The fourth-order valence-corrected chi connectivity index (χ4v) is 6.37. The fraction of sp³-hybridized carbons (Fsp3) is 0.619. The second kappa shape index (κ2) is 6.99. The number of halogens is 1. The first-order valence-corrected chi connectivity index (χ1v) is 10.4. The van der Waals surface area contributed by atoms with Gasteiger partial charge < -0.3 is 10.1 Å².